The van der Waals surface area contributed by atoms with E-state index in [1.54, 1.807) is 19.3 Å². The van der Waals surface area contributed by atoms with E-state index in [-0.39, 0.29) is 11.0 Å². The molecule has 0 aliphatic carbocycles. The van der Waals surface area contributed by atoms with Crippen molar-refractivity contribution in [3.63, 3.8) is 0 Å². The molecule has 0 saturated carbocycles. The fraction of sp³-hybridized carbons (Fsp3) is 0.385. The van der Waals surface area contributed by atoms with Gasteiger partial charge in [0.05, 0.1) is 12.3 Å². The van der Waals surface area contributed by atoms with Crippen LogP contribution in [0.15, 0.2) is 35.6 Å². The zero-order valence-electron chi connectivity index (χ0n) is 12.4. The third kappa shape index (κ3) is 3.33. The molecule has 8 heteroatoms. The second-order valence-electron chi connectivity index (χ2n) is 4.84. The summed E-state index contributed by atoms with van der Waals surface area (Å²) < 4.78 is 33.3. The van der Waals surface area contributed by atoms with E-state index in [1.807, 2.05) is 13.8 Å². The summed E-state index contributed by atoms with van der Waals surface area (Å²) in [5.74, 6) is 0.758. The van der Waals surface area contributed by atoms with Crippen molar-refractivity contribution in [2.75, 3.05) is 11.4 Å². The van der Waals surface area contributed by atoms with Crippen LogP contribution >= 0.6 is 0 Å². The smallest absolute Gasteiger partial charge is 0.266 e. The number of pyridine rings is 1. The molecule has 21 heavy (non-hydrogen) atoms. The summed E-state index contributed by atoms with van der Waals surface area (Å²) in [7, 11) is -0.545. The van der Waals surface area contributed by atoms with Crippen molar-refractivity contribution in [3.8, 4) is 5.75 Å². The first kappa shape index (κ1) is 15.3. The summed E-state index contributed by atoms with van der Waals surface area (Å²) in [4.78, 5) is 3.99. The number of hydrogen-bond acceptors (Lipinski definition) is 5. The quantitative estimate of drug-likeness (QED) is 0.835. The standard InChI is InChI=1S/C13H18N4O3S/c1-10(2)20-11-7-12(9-14-8-11)21(18,19)17(4)13-5-6-16(3)15-13/h5-10H,1-4H3. The maximum absolute atomic E-state index is 12.6. The van der Waals surface area contributed by atoms with Crippen molar-refractivity contribution in [2.24, 2.45) is 7.05 Å². The van der Waals surface area contributed by atoms with Gasteiger partial charge in [-0.25, -0.2) is 8.42 Å². The van der Waals surface area contributed by atoms with Crippen LogP contribution in [0.1, 0.15) is 13.8 Å². The van der Waals surface area contributed by atoms with Crippen LogP contribution in [-0.2, 0) is 17.1 Å². The van der Waals surface area contributed by atoms with Gasteiger partial charge in [0.25, 0.3) is 10.0 Å². The highest BCUT2D eigenvalue weighted by Gasteiger charge is 2.24. The van der Waals surface area contributed by atoms with Crippen molar-refractivity contribution in [3.05, 3.63) is 30.7 Å². The third-order valence-corrected chi connectivity index (χ3v) is 4.47. The van der Waals surface area contributed by atoms with Gasteiger partial charge in [-0.05, 0) is 13.8 Å². The van der Waals surface area contributed by atoms with Gasteiger partial charge in [0, 0.05) is 38.6 Å². The summed E-state index contributed by atoms with van der Waals surface area (Å²) in [5.41, 5.74) is 0. The van der Waals surface area contributed by atoms with Crippen molar-refractivity contribution >= 4 is 15.8 Å². The van der Waals surface area contributed by atoms with Gasteiger partial charge in [0.1, 0.15) is 10.6 Å². The molecule has 2 rings (SSSR count). The molecule has 0 spiro atoms. The lowest BCUT2D eigenvalue weighted by Gasteiger charge is -2.17. The fourth-order valence-corrected chi connectivity index (χ4v) is 2.85. The van der Waals surface area contributed by atoms with Gasteiger partial charge in [-0.2, -0.15) is 5.10 Å². The highest BCUT2D eigenvalue weighted by atomic mass is 32.2. The first-order valence-electron chi connectivity index (χ1n) is 6.41. The molecule has 2 aromatic heterocycles. The molecule has 0 bridgehead atoms. The predicted octanol–water partition coefficient (Wildman–Crippen LogP) is 1.43. The van der Waals surface area contributed by atoms with Crippen LogP contribution in [0.25, 0.3) is 0 Å². The van der Waals surface area contributed by atoms with Crippen molar-refractivity contribution in [1.82, 2.24) is 14.8 Å². The molecular weight excluding hydrogens is 292 g/mol. The van der Waals surface area contributed by atoms with E-state index in [9.17, 15) is 8.42 Å². The molecule has 0 aromatic carbocycles. The molecule has 0 N–H and O–H groups in total. The molecule has 2 aromatic rings. The fourth-order valence-electron chi connectivity index (χ4n) is 1.73. The molecule has 0 radical (unpaired) electrons. The van der Waals surface area contributed by atoms with E-state index < -0.39 is 10.0 Å². The predicted molar refractivity (Wildman–Crippen MR) is 78.8 cm³/mol. The lowest BCUT2D eigenvalue weighted by atomic mass is 10.4. The van der Waals surface area contributed by atoms with Gasteiger partial charge in [-0.1, -0.05) is 0 Å². The number of aromatic nitrogens is 3. The highest BCUT2D eigenvalue weighted by Crippen LogP contribution is 2.22. The van der Waals surface area contributed by atoms with Crippen LogP contribution in [0.2, 0.25) is 0 Å². The summed E-state index contributed by atoms with van der Waals surface area (Å²) in [6, 6.07) is 3.08. The van der Waals surface area contributed by atoms with Gasteiger partial charge in [-0.3, -0.25) is 14.0 Å². The Morgan fingerprint density at radius 2 is 2.05 bits per heavy atom. The van der Waals surface area contributed by atoms with Crippen molar-refractivity contribution < 1.29 is 13.2 Å². The average Bonchev–Trinajstić information content (AvgIpc) is 2.84. The first-order chi connectivity index (χ1) is 9.80. The number of aryl methyl sites for hydroxylation is 1. The van der Waals surface area contributed by atoms with Crippen LogP contribution < -0.4 is 9.04 Å². The Morgan fingerprint density at radius 3 is 2.62 bits per heavy atom. The Kier molecular flexibility index (Phi) is 4.17. The SMILES string of the molecule is CC(C)Oc1cncc(S(=O)(=O)N(C)c2ccn(C)n2)c1. The number of sulfonamides is 1. The third-order valence-electron chi connectivity index (χ3n) is 2.74. The molecule has 7 nitrogen and oxygen atoms in total. The normalized spacial score (nSPS) is 11.7. The lowest BCUT2D eigenvalue weighted by molar-refractivity contribution is 0.241. The largest absolute Gasteiger partial charge is 0.489 e. The number of nitrogens with zero attached hydrogens (tertiary/aromatic N) is 4. The molecule has 2 heterocycles. The van der Waals surface area contributed by atoms with Gasteiger partial charge >= 0.3 is 0 Å². The van der Waals surface area contributed by atoms with Gasteiger partial charge in [-0.15, -0.1) is 0 Å². The first-order valence-corrected chi connectivity index (χ1v) is 7.85. The zero-order valence-corrected chi connectivity index (χ0v) is 13.2. The number of ether oxygens (including phenoxy) is 1. The molecular formula is C13H18N4O3S. The molecule has 0 saturated heterocycles. The maximum atomic E-state index is 12.6. The Morgan fingerprint density at radius 1 is 1.33 bits per heavy atom. The summed E-state index contributed by atoms with van der Waals surface area (Å²) in [6.45, 7) is 3.72. The lowest BCUT2D eigenvalue weighted by Crippen LogP contribution is -2.27. The molecule has 0 atom stereocenters. The van der Waals surface area contributed by atoms with E-state index in [0.29, 0.717) is 11.6 Å². The summed E-state index contributed by atoms with van der Waals surface area (Å²) >= 11 is 0. The topological polar surface area (TPSA) is 77.3 Å². The second-order valence-corrected chi connectivity index (χ2v) is 6.81. The Balaban J connectivity index is 2.35. The Hall–Kier alpha value is -2.09. The average molecular weight is 310 g/mol. The van der Waals surface area contributed by atoms with Crippen LogP contribution in [-0.4, -0.2) is 36.3 Å². The van der Waals surface area contributed by atoms with Crippen LogP contribution in [0.4, 0.5) is 5.82 Å². The van der Waals surface area contributed by atoms with Crippen LogP contribution in [0, 0.1) is 0 Å². The molecule has 0 aliphatic rings. The van der Waals surface area contributed by atoms with Gasteiger partial charge < -0.3 is 4.74 Å². The minimum absolute atomic E-state index is 0.0572. The monoisotopic (exact) mass is 310 g/mol. The van der Waals surface area contributed by atoms with Crippen LogP contribution in [0.3, 0.4) is 0 Å². The van der Waals surface area contributed by atoms with Crippen molar-refractivity contribution in [2.45, 2.75) is 24.8 Å². The Bertz CT molecular complexity index is 725. The van der Waals surface area contributed by atoms with E-state index >= 15 is 0 Å². The molecule has 0 aliphatic heterocycles. The second kappa shape index (κ2) is 5.72. The molecule has 0 unspecified atom stereocenters. The number of hydrogen-bond donors (Lipinski definition) is 0. The van der Waals surface area contributed by atoms with E-state index in [4.69, 9.17) is 4.74 Å². The zero-order chi connectivity index (χ0) is 15.6. The van der Waals surface area contributed by atoms with E-state index in [2.05, 4.69) is 10.1 Å². The Labute approximate surface area is 124 Å². The van der Waals surface area contributed by atoms with Crippen LogP contribution in [0.5, 0.6) is 5.75 Å². The molecule has 114 valence electrons. The molecule has 0 amide bonds. The minimum Gasteiger partial charge on any atom is -0.489 e. The minimum atomic E-state index is -3.72. The van der Waals surface area contributed by atoms with Gasteiger partial charge in [0.15, 0.2) is 5.82 Å². The van der Waals surface area contributed by atoms with Crippen molar-refractivity contribution in [1.29, 1.82) is 0 Å². The van der Waals surface area contributed by atoms with E-state index in [0.717, 1.165) is 4.31 Å². The number of anilines is 1. The van der Waals surface area contributed by atoms with E-state index in [1.165, 1.54) is 30.2 Å². The van der Waals surface area contributed by atoms with Gasteiger partial charge in [0.2, 0.25) is 0 Å². The molecule has 0 fully saturated rings. The maximum Gasteiger partial charge on any atom is 0.266 e. The highest BCUT2D eigenvalue weighted by molar-refractivity contribution is 7.92. The summed E-state index contributed by atoms with van der Waals surface area (Å²) in [6.07, 6.45) is 4.40. The summed E-state index contributed by atoms with van der Waals surface area (Å²) in [5, 5.41) is 4.08. The number of rotatable bonds is 5.